The van der Waals surface area contributed by atoms with Crippen LogP contribution in [0.2, 0.25) is 0 Å². The lowest BCUT2D eigenvalue weighted by molar-refractivity contribution is -0.142. The van der Waals surface area contributed by atoms with E-state index in [1.54, 1.807) is 19.9 Å². The van der Waals surface area contributed by atoms with E-state index in [2.05, 4.69) is 4.72 Å². The Labute approximate surface area is 113 Å². The van der Waals surface area contributed by atoms with Gasteiger partial charge in [-0.05, 0) is 31.5 Å². The summed E-state index contributed by atoms with van der Waals surface area (Å²) in [6.45, 7) is 3.76. The molecule has 19 heavy (non-hydrogen) atoms. The number of aryl methyl sites for hydroxylation is 1. The summed E-state index contributed by atoms with van der Waals surface area (Å²) < 4.78 is 30.9. The van der Waals surface area contributed by atoms with Crippen LogP contribution in [0, 0.1) is 6.92 Å². The summed E-state index contributed by atoms with van der Waals surface area (Å²) in [4.78, 5) is 11.2. The van der Waals surface area contributed by atoms with E-state index >= 15 is 0 Å². The Morgan fingerprint density at radius 3 is 2.68 bits per heavy atom. The van der Waals surface area contributed by atoms with Gasteiger partial charge in [0.15, 0.2) is 0 Å². The number of carbonyl (C=O) groups is 1. The Morgan fingerprint density at radius 2 is 2.11 bits per heavy atom. The average Bonchev–Trinajstić information content (AvgIpc) is 2.32. The van der Waals surface area contributed by atoms with Crippen molar-refractivity contribution in [2.45, 2.75) is 25.2 Å². The number of anilines is 1. The molecule has 0 saturated heterocycles. The van der Waals surface area contributed by atoms with Gasteiger partial charge in [0.05, 0.1) is 17.9 Å². The number of nitrogens with two attached hydrogens (primary N) is 1. The van der Waals surface area contributed by atoms with Crippen molar-refractivity contribution in [3.8, 4) is 0 Å². The van der Waals surface area contributed by atoms with Gasteiger partial charge in [0.25, 0.3) is 0 Å². The van der Waals surface area contributed by atoms with Gasteiger partial charge in [0.1, 0.15) is 0 Å². The van der Waals surface area contributed by atoms with Crippen molar-refractivity contribution in [3.05, 3.63) is 23.8 Å². The van der Waals surface area contributed by atoms with Crippen LogP contribution in [-0.2, 0) is 19.6 Å². The second-order valence-corrected chi connectivity index (χ2v) is 5.74. The van der Waals surface area contributed by atoms with Crippen LogP contribution >= 0.6 is 0 Å². The van der Waals surface area contributed by atoms with E-state index in [9.17, 15) is 13.2 Å². The van der Waals surface area contributed by atoms with Gasteiger partial charge in [-0.25, -0.2) is 13.1 Å². The predicted octanol–water partition coefficient (Wildman–Crippen LogP) is 0.809. The molecule has 0 bridgehead atoms. The van der Waals surface area contributed by atoms with Crippen LogP contribution in [0.3, 0.4) is 0 Å². The van der Waals surface area contributed by atoms with Gasteiger partial charge in [0, 0.05) is 12.2 Å². The van der Waals surface area contributed by atoms with Crippen molar-refractivity contribution in [2.24, 2.45) is 0 Å². The normalized spacial score (nSPS) is 11.3. The van der Waals surface area contributed by atoms with E-state index in [4.69, 9.17) is 10.5 Å². The lowest BCUT2D eigenvalue weighted by Crippen LogP contribution is -2.26. The number of hydrogen-bond donors (Lipinski definition) is 2. The van der Waals surface area contributed by atoms with Gasteiger partial charge in [-0.1, -0.05) is 6.07 Å². The number of benzene rings is 1. The zero-order valence-electron chi connectivity index (χ0n) is 11.0. The van der Waals surface area contributed by atoms with Crippen LogP contribution in [0.1, 0.15) is 18.9 Å². The molecule has 1 aromatic rings. The number of nitrogens with one attached hydrogen (secondary N) is 1. The number of ether oxygens (including phenoxy) is 1. The SMILES string of the molecule is CCOC(=O)CCNS(=O)(=O)c1ccc(C)c(N)c1. The van der Waals surface area contributed by atoms with Crippen molar-refractivity contribution in [2.75, 3.05) is 18.9 Å². The van der Waals surface area contributed by atoms with Crippen molar-refractivity contribution < 1.29 is 17.9 Å². The summed E-state index contributed by atoms with van der Waals surface area (Å²) in [5.74, 6) is -0.436. The van der Waals surface area contributed by atoms with Crippen LogP contribution in [-0.4, -0.2) is 27.5 Å². The molecular weight excluding hydrogens is 268 g/mol. The highest BCUT2D eigenvalue weighted by atomic mass is 32.2. The van der Waals surface area contributed by atoms with Crippen molar-refractivity contribution in [1.29, 1.82) is 0 Å². The molecule has 0 radical (unpaired) electrons. The largest absolute Gasteiger partial charge is 0.466 e. The Balaban J connectivity index is 2.66. The molecule has 0 aliphatic carbocycles. The summed E-state index contributed by atoms with van der Waals surface area (Å²) in [5.41, 5.74) is 6.89. The Hall–Kier alpha value is -1.60. The van der Waals surface area contributed by atoms with Gasteiger partial charge in [-0.3, -0.25) is 4.79 Å². The van der Waals surface area contributed by atoms with E-state index in [1.807, 2.05) is 0 Å². The average molecular weight is 286 g/mol. The number of sulfonamides is 1. The number of hydrogen-bond acceptors (Lipinski definition) is 5. The highest BCUT2D eigenvalue weighted by Crippen LogP contribution is 2.16. The molecule has 0 heterocycles. The minimum atomic E-state index is -3.65. The van der Waals surface area contributed by atoms with E-state index in [0.717, 1.165) is 5.56 Å². The summed E-state index contributed by atoms with van der Waals surface area (Å²) in [6, 6.07) is 4.50. The molecule has 0 fully saturated rings. The van der Waals surface area contributed by atoms with Gasteiger partial charge in [0.2, 0.25) is 10.0 Å². The van der Waals surface area contributed by atoms with Crippen LogP contribution in [0.4, 0.5) is 5.69 Å². The van der Waals surface area contributed by atoms with Gasteiger partial charge >= 0.3 is 5.97 Å². The number of rotatable bonds is 6. The topological polar surface area (TPSA) is 98.5 Å². The standard InChI is InChI=1S/C12H18N2O4S/c1-3-18-12(15)6-7-14-19(16,17)10-5-4-9(2)11(13)8-10/h4-5,8,14H,3,6-7,13H2,1-2H3. The third kappa shape index (κ3) is 4.53. The minimum Gasteiger partial charge on any atom is -0.466 e. The highest BCUT2D eigenvalue weighted by Gasteiger charge is 2.15. The first-order valence-corrected chi connectivity index (χ1v) is 7.36. The highest BCUT2D eigenvalue weighted by molar-refractivity contribution is 7.89. The molecule has 0 atom stereocenters. The first-order chi connectivity index (χ1) is 8.86. The van der Waals surface area contributed by atoms with Crippen LogP contribution < -0.4 is 10.5 Å². The molecule has 6 nitrogen and oxygen atoms in total. The van der Waals surface area contributed by atoms with E-state index in [-0.39, 0.29) is 24.5 Å². The minimum absolute atomic E-state index is 0.00501. The maximum atomic E-state index is 11.9. The van der Waals surface area contributed by atoms with Crippen LogP contribution in [0.5, 0.6) is 0 Å². The molecule has 1 rings (SSSR count). The lowest BCUT2D eigenvalue weighted by atomic mass is 10.2. The molecule has 1 aromatic carbocycles. The quantitative estimate of drug-likeness (QED) is 0.595. The fourth-order valence-corrected chi connectivity index (χ4v) is 2.46. The molecule has 0 amide bonds. The predicted molar refractivity (Wildman–Crippen MR) is 72.0 cm³/mol. The fourth-order valence-electron chi connectivity index (χ4n) is 1.39. The summed E-state index contributed by atoms with van der Waals surface area (Å²) >= 11 is 0. The first-order valence-electron chi connectivity index (χ1n) is 5.88. The molecule has 106 valence electrons. The Bertz CT molecular complexity index is 555. The number of carbonyl (C=O) groups excluding carboxylic acids is 1. The maximum absolute atomic E-state index is 11.9. The van der Waals surface area contributed by atoms with Crippen molar-refractivity contribution in [3.63, 3.8) is 0 Å². The van der Waals surface area contributed by atoms with Gasteiger partial charge < -0.3 is 10.5 Å². The molecule has 3 N–H and O–H groups in total. The van der Waals surface area contributed by atoms with Gasteiger partial charge in [-0.15, -0.1) is 0 Å². The lowest BCUT2D eigenvalue weighted by Gasteiger charge is -2.08. The van der Waals surface area contributed by atoms with E-state index in [0.29, 0.717) is 5.69 Å². The summed E-state index contributed by atoms with van der Waals surface area (Å²) in [6.07, 6.45) is -0.00554. The van der Waals surface area contributed by atoms with Crippen molar-refractivity contribution >= 4 is 21.7 Å². The third-order valence-electron chi connectivity index (χ3n) is 2.49. The Kier molecular flexibility index (Phi) is 5.31. The monoisotopic (exact) mass is 286 g/mol. The summed E-state index contributed by atoms with van der Waals surface area (Å²) in [7, 11) is -3.65. The third-order valence-corrected chi connectivity index (χ3v) is 3.95. The van der Waals surface area contributed by atoms with Crippen molar-refractivity contribution in [1.82, 2.24) is 4.72 Å². The zero-order chi connectivity index (χ0) is 14.5. The molecule has 7 heteroatoms. The number of nitrogen functional groups attached to an aromatic ring is 1. The smallest absolute Gasteiger partial charge is 0.307 e. The Morgan fingerprint density at radius 1 is 1.42 bits per heavy atom. The van der Waals surface area contributed by atoms with E-state index in [1.165, 1.54) is 12.1 Å². The summed E-state index contributed by atoms with van der Waals surface area (Å²) in [5, 5.41) is 0. The first kappa shape index (κ1) is 15.5. The molecule has 0 aromatic heterocycles. The number of esters is 1. The molecule has 0 spiro atoms. The molecular formula is C12H18N2O4S. The molecule has 0 aliphatic rings. The second kappa shape index (κ2) is 6.53. The van der Waals surface area contributed by atoms with Crippen LogP contribution in [0.25, 0.3) is 0 Å². The van der Waals surface area contributed by atoms with Crippen LogP contribution in [0.15, 0.2) is 23.1 Å². The van der Waals surface area contributed by atoms with E-state index < -0.39 is 16.0 Å². The van der Waals surface area contributed by atoms with Gasteiger partial charge in [-0.2, -0.15) is 0 Å². The zero-order valence-corrected chi connectivity index (χ0v) is 11.8. The maximum Gasteiger partial charge on any atom is 0.307 e. The second-order valence-electron chi connectivity index (χ2n) is 3.97. The fraction of sp³-hybridized carbons (Fsp3) is 0.417. The molecule has 0 aliphatic heterocycles. The molecule has 0 unspecified atom stereocenters. The molecule has 0 saturated carbocycles.